The Morgan fingerprint density at radius 2 is 1.93 bits per heavy atom. The molecule has 0 spiro atoms. The molecule has 0 unspecified atom stereocenters. The van der Waals surface area contributed by atoms with Gasteiger partial charge in [0.25, 0.3) is 0 Å². The van der Waals surface area contributed by atoms with Gasteiger partial charge in [-0.3, -0.25) is 4.79 Å². The van der Waals surface area contributed by atoms with E-state index in [1.165, 1.54) is 12.1 Å². The Bertz CT molecular complexity index is 505. The quantitative estimate of drug-likeness (QED) is 0.713. The molecule has 0 saturated carbocycles. The van der Waals surface area contributed by atoms with Crippen LogP contribution in [0.1, 0.15) is 9.67 Å². The molecule has 1 heterocycles. The van der Waals surface area contributed by atoms with E-state index in [0.717, 1.165) is 17.4 Å². The molecule has 0 bridgehead atoms. The Hall–Kier alpha value is -1.55. The average Bonchev–Trinajstić information content (AvgIpc) is 2.70. The third-order valence-corrected chi connectivity index (χ3v) is 3.00. The number of hydrogen-bond acceptors (Lipinski definition) is 2. The molecule has 1 nitrogen and oxygen atoms in total. The van der Waals surface area contributed by atoms with Crippen molar-refractivity contribution in [1.29, 1.82) is 0 Å². The van der Waals surface area contributed by atoms with Crippen molar-refractivity contribution in [3.8, 4) is 10.4 Å². The zero-order chi connectivity index (χ0) is 10.8. The monoisotopic (exact) mass is 224 g/mol. The van der Waals surface area contributed by atoms with Gasteiger partial charge >= 0.3 is 0 Å². The van der Waals surface area contributed by atoms with Crippen molar-refractivity contribution in [3.63, 3.8) is 0 Å². The molecule has 0 N–H and O–H groups in total. The molecule has 0 saturated heterocycles. The van der Waals surface area contributed by atoms with E-state index in [9.17, 15) is 13.6 Å². The average molecular weight is 224 g/mol. The summed E-state index contributed by atoms with van der Waals surface area (Å²) < 4.78 is 26.3. The fraction of sp³-hybridized carbons (Fsp3) is 0. The van der Waals surface area contributed by atoms with Gasteiger partial charge in [-0.2, -0.15) is 0 Å². The minimum Gasteiger partial charge on any atom is -0.297 e. The highest BCUT2D eigenvalue weighted by atomic mass is 32.1. The summed E-state index contributed by atoms with van der Waals surface area (Å²) in [6.45, 7) is 0. The van der Waals surface area contributed by atoms with E-state index in [2.05, 4.69) is 0 Å². The molecular weight excluding hydrogens is 218 g/mol. The number of benzene rings is 1. The standard InChI is InChI=1S/C11H6F2OS/c12-9-3-1-2-8(11(9)13)10-5-4-7(6-14)15-10/h1-6H. The van der Waals surface area contributed by atoms with E-state index < -0.39 is 11.6 Å². The predicted octanol–water partition coefficient (Wildman–Crippen LogP) is 3.51. The fourth-order valence-corrected chi connectivity index (χ4v) is 2.10. The Balaban J connectivity index is 2.53. The maximum absolute atomic E-state index is 13.3. The number of thiophene rings is 1. The summed E-state index contributed by atoms with van der Waals surface area (Å²) in [6.07, 6.45) is 0.686. The van der Waals surface area contributed by atoms with Crippen molar-refractivity contribution in [1.82, 2.24) is 0 Å². The summed E-state index contributed by atoms with van der Waals surface area (Å²) in [6, 6.07) is 7.17. The van der Waals surface area contributed by atoms with Gasteiger partial charge in [0.15, 0.2) is 17.9 Å². The molecule has 0 aliphatic carbocycles. The molecule has 0 atom stereocenters. The van der Waals surface area contributed by atoms with Crippen LogP contribution in [0.15, 0.2) is 30.3 Å². The maximum atomic E-state index is 13.3. The van der Waals surface area contributed by atoms with Gasteiger partial charge in [0.1, 0.15) is 0 Å². The molecule has 4 heteroatoms. The molecule has 15 heavy (non-hydrogen) atoms. The van der Waals surface area contributed by atoms with Crippen LogP contribution in [0.5, 0.6) is 0 Å². The molecule has 0 aliphatic rings. The van der Waals surface area contributed by atoms with E-state index in [-0.39, 0.29) is 5.56 Å². The predicted molar refractivity (Wildman–Crippen MR) is 55.1 cm³/mol. The lowest BCUT2D eigenvalue weighted by molar-refractivity contribution is 0.112. The van der Waals surface area contributed by atoms with Gasteiger partial charge in [-0.1, -0.05) is 12.1 Å². The van der Waals surface area contributed by atoms with Gasteiger partial charge in [-0.25, -0.2) is 8.78 Å². The molecule has 1 aromatic carbocycles. The van der Waals surface area contributed by atoms with Crippen LogP contribution in [0.25, 0.3) is 10.4 Å². The van der Waals surface area contributed by atoms with Crippen LogP contribution < -0.4 is 0 Å². The molecule has 2 aromatic rings. The molecule has 2 rings (SSSR count). The highest BCUT2D eigenvalue weighted by Crippen LogP contribution is 2.30. The molecule has 76 valence electrons. The first kappa shape index (κ1) is 9.98. The first-order valence-electron chi connectivity index (χ1n) is 4.22. The summed E-state index contributed by atoms with van der Waals surface area (Å²) in [5, 5.41) is 0. The van der Waals surface area contributed by atoms with Crippen LogP contribution in [-0.2, 0) is 0 Å². The van der Waals surface area contributed by atoms with Crippen LogP contribution in [0.3, 0.4) is 0 Å². The normalized spacial score (nSPS) is 10.3. The van der Waals surface area contributed by atoms with E-state index in [4.69, 9.17) is 0 Å². The molecule has 1 aromatic heterocycles. The van der Waals surface area contributed by atoms with E-state index >= 15 is 0 Å². The van der Waals surface area contributed by atoms with E-state index in [1.807, 2.05) is 0 Å². The summed E-state index contributed by atoms with van der Waals surface area (Å²) in [5.41, 5.74) is 0.188. The fourth-order valence-electron chi connectivity index (χ4n) is 1.26. The van der Waals surface area contributed by atoms with Crippen LogP contribution in [0.2, 0.25) is 0 Å². The van der Waals surface area contributed by atoms with Gasteiger partial charge in [0, 0.05) is 10.4 Å². The number of carbonyl (C=O) groups excluding carboxylic acids is 1. The van der Waals surface area contributed by atoms with E-state index in [0.29, 0.717) is 16.0 Å². The number of carbonyl (C=O) groups is 1. The first-order chi connectivity index (χ1) is 7.22. The number of halogens is 2. The van der Waals surface area contributed by atoms with Crippen molar-refractivity contribution in [2.45, 2.75) is 0 Å². The summed E-state index contributed by atoms with van der Waals surface area (Å²) in [7, 11) is 0. The summed E-state index contributed by atoms with van der Waals surface area (Å²) in [5.74, 6) is -1.76. The van der Waals surface area contributed by atoms with Crippen LogP contribution in [0.4, 0.5) is 8.78 Å². The molecular formula is C11H6F2OS. The molecule has 0 fully saturated rings. The van der Waals surface area contributed by atoms with Crippen molar-refractivity contribution < 1.29 is 13.6 Å². The highest BCUT2D eigenvalue weighted by Gasteiger charge is 2.11. The second kappa shape index (κ2) is 3.90. The number of aldehydes is 1. The number of rotatable bonds is 2. The van der Waals surface area contributed by atoms with Gasteiger partial charge in [0.05, 0.1) is 4.88 Å². The third-order valence-electron chi connectivity index (χ3n) is 1.96. The molecule has 0 amide bonds. The van der Waals surface area contributed by atoms with Gasteiger partial charge < -0.3 is 0 Å². The second-order valence-electron chi connectivity index (χ2n) is 2.92. The van der Waals surface area contributed by atoms with Crippen LogP contribution in [-0.4, -0.2) is 6.29 Å². The van der Waals surface area contributed by atoms with Crippen molar-refractivity contribution in [2.24, 2.45) is 0 Å². The Morgan fingerprint density at radius 1 is 1.13 bits per heavy atom. The zero-order valence-electron chi connectivity index (χ0n) is 7.54. The Kier molecular flexibility index (Phi) is 2.60. The van der Waals surface area contributed by atoms with Crippen LogP contribution in [0, 0.1) is 11.6 Å². The Labute approximate surface area is 89.0 Å². The van der Waals surface area contributed by atoms with Gasteiger partial charge in [0.2, 0.25) is 0 Å². The lowest BCUT2D eigenvalue weighted by Crippen LogP contribution is -1.86. The second-order valence-corrected chi connectivity index (χ2v) is 4.04. The summed E-state index contributed by atoms with van der Waals surface area (Å²) >= 11 is 1.13. The van der Waals surface area contributed by atoms with Crippen molar-refractivity contribution in [2.75, 3.05) is 0 Å². The topological polar surface area (TPSA) is 17.1 Å². The maximum Gasteiger partial charge on any atom is 0.167 e. The third kappa shape index (κ3) is 1.80. The first-order valence-corrected chi connectivity index (χ1v) is 5.03. The lowest BCUT2D eigenvalue weighted by atomic mass is 10.2. The summed E-state index contributed by atoms with van der Waals surface area (Å²) in [4.78, 5) is 11.5. The highest BCUT2D eigenvalue weighted by molar-refractivity contribution is 7.17. The molecule has 0 radical (unpaired) electrons. The Morgan fingerprint density at radius 3 is 2.60 bits per heavy atom. The van der Waals surface area contributed by atoms with Crippen LogP contribution >= 0.6 is 11.3 Å². The van der Waals surface area contributed by atoms with Gasteiger partial charge in [-0.15, -0.1) is 11.3 Å². The largest absolute Gasteiger partial charge is 0.297 e. The van der Waals surface area contributed by atoms with E-state index in [1.54, 1.807) is 12.1 Å². The van der Waals surface area contributed by atoms with Crippen molar-refractivity contribution in [3.05, 3.63) is 46.8 Å². The lowest BCUT2D eigenvalue weighted by Gasteiger charge is -1.99. The molecule has 0 aliphatic heterocycles. The minimum absolute atomic E-state index is 0.188. The number of hydrogen-bond donors (Lipinski definition) is 0. The smallest absolute Gasteiger partial charge is 0.167 e. The van der Waals surface area contributed by atoms with Crippen molar-refractivity contribution >= 4 is 17.6 Å². The van der Waals surface area contributed by atoms with Gasteiger partial charge in [-0.05, 0) is 18.2 Å². The zero-order valence-corrected chi connectivity index (χ0v) is 8.35. The SMILES string of the molecule is O=Cc1ccc(-c2cccc(F)c2F)s1. The minimum atomic E-state index is -0.881.